The van der Waals surface area contributed by atoms with Gasteiger partial charge in [-0.25, -0.2) is 17.5 Å². The zero-order chi connectivity index (χ0) is 16.3. The summed E-state index contributed by atoms with van der Waals surface area (Å²) < 4.78 is 45.9. The maximum atomic E-state index is 12.9. The van der Waals surface area contributed by atoms with Crippen LogP contribution in [-0.4, -0.2) is 15.5 Å². The van der Waals surface area contributed by atoms with Crippen LogP contribution in [0.5, 0.6) is 5.75 Å². The summed E-state index contributed by atoms with van der Waals surface area (Å²) in [5, 5.41) is 0. The van der Waals surface area contributed by atoms with E-state index in [1.54, 1.807) is 32.2 Å². The normalized spacial score (nSPS) is 12.9. The zero-order valence-corrected chi connectivity index (χ0v) is 14.4. The van der Waals surface area contributed by atoms with Gasteiger partial charge in [-0.3, -0.25) is 0 Å². The third-order valence-corrected chi connectivity index (χ3v) is 5.31. The Morgan fingerprint density at radius 1 is 1.18 bits per heavy atom. The summed E-state index contributed by atoms with van der Waals surface area (Å²) in [6.07, 6.45) is 0. The van der Waals surface area contributed by atoms with Gasteiger partial charge in [-0.2, -0.15) is 0 Å². The van der Waals surface area contributed by atoms with Crippen molar-refractivity contribution in [2.45, 2.75) is 17.9 Å². The van der Waals surface area contributed by atoms with Crippen molar-refractivity contribution in [3.05, 3.63) is 58.3 Å². The first-order chi connectivity index (χ1) is 10.3. The number of halogens is 2. The first-order valence-electron chi connectivity index (χ1n) is 6.45. The summed E-state index contributed by atoms with van der Waals surface area (Å²) in [6.45, 7) is 1.73. The van der Waals surface area contributed by atoms with Gasteiger partial charge >= 0.3 is 0 Å². The lowest BCUT2D eigenvalue weighted by molar-refractivity contribution is 0.412. The van der Waals surface area contributed by atoms with Crippen molar-refractivity contribution < 1.29 is 17.5 Å². The molecule has 0 radical (unpaired) electrons. The minimum atomic E-state index is -3.72. The van der Waals surface area contributed by atoms with E-state index in [9.17, 15) is 12.8 Å². The smallest absolute Gasteiger partial charge is 0.241 e. The van der Waals surface area contributed by atoms with E-state index in [0.717, 1.165) is 22.2 Å². The number of sulfonamides is 1. The van der Waals surface area contributed by atoms with Crippen molar-refractivity contribution >= 4 is 26.0 Å². The van der Waals surface area contributed by atoms with Crippen molar-refractivity contribution in [2.75, 3.05) is 7.11 Å². The van der Waals surface area contributed by atoms with E-state index < -0.39 is 21.9 Å². The van der Waals surface area contributed by atoms with Crippen LogP contribution in [0.1, 0.15) is 18.5 Å². The highest BCUT2D eigenvalue weighted by Crippen LogP contribution is 2.28. The molecule has 22 heavy (non-hydrogen) atoms. The van der Waals surface area contributed by atoms with Crippen molar-refractivity contribution in [1.82, 2.24) is 4.72 Å². The molecule has 0 heterocycles. The van der Waals surface area contributed by atoms with Crippen LogP contribution < -0.4 is 9.46 Å². The number of nitrogens with one attached hydrogen (secondary N) is 1. The average molecular weight is 388 g/mol. The molecule has 4 nitrogen and oxygen atoms in total. The van der Waals surface area contributed by atoms with Crippen molar-refractivity contribution in [3.63, 3.8) is 0 Å². The molecule has 0 aromatic heterocycles. The Kier molecular flexibility index (Phi) is 5.20. The summed E-state index contributed by atoms with van der Waals surface area (Å²) in [5.74, 6) is 0.184. The lowest BCUT2D eigenvalue weighted by Crippen LogP contribution is -2.26. The van der Waals surface area contributed by atoms with Gasteiger partial charge in [0.05, 0.1) is 16.5 Å². The SMILES string of the molecule is COc1ccc(C(C)NS(=O)(=O)c2ccc(F)cc2)cc1Br. The van der Waals surface area contributed by atoms with E-state index in [1.807, 2.05) is 0 Å². The Hall–Kier alpha value is -1.44. The molecule has 0 saturated heterocycles. The molecule has 0 aliphatic carbocycles. The summed E-state index contributed by atoms with van der Waals surface area (Å²) in [4.78, 5) is 0.0216. The van der Waals surface area contributed by atoms with Gasteiger partial charge < -0.3 is 4.74 Å². The summed E-state index contributed by atoms with van der Waals surface area (Å²) in [7, 11) is -2.16. The summed E-state index contributed by atoms with van der Waals surface area (Å²) >= 11 is 3.36. The summed E-state index contributed by atoms with van der Waals surface area (Å²) in [5.41, 5.74) is 0.776. The van der Waals surface area contributed by atoms with Gasteiger partial charge in [0.2, 0.25) is 10.0 Å². The van der Waals surface area contributed by atoms with Gasteiger partial charge in [0.1, 0.15) is 11.6 Å². The van der Waals surface area contributed by atoms with Crippen LogP contribution in [0.2, 0.25) is 0 Å². The molecular weight excluding hydrogens is 373 g/mol. The monoisotopic (exact) mass is 387 g/mol. The molecule has 0 bridgehead atoms. The highest BCUT2D eigenvalue weighted by Gasteiger charge is 2.19. The second kappa shape index (κ2) is 6.76. The lowest BCUT2D eigenvalue weighted by atomic mass is 10.1. The van der Waals surface area contributed by atoms with Crippen molar-refractivity contribution in [2.24, 2.45) is 0 Å². The molecule has 1 N–H and O–H groups in total. The van der Waals surface area contributed by atoms with E-state index in [1.165, 1.54) is 12.1 Å². The van der Waals surface area contributed by atoms with E-state index in [4.69, 9.17) is 4.74 Å². The van der Waals surface area contributed by atoms with Gasteiger partial charge in [-0.15, -0.1) is 0 Å². The van der Waals surface area contributed by atoms with Crippen LogP contribution >= 0.6 is 15.9 Å². The molecule has 1 unspecified atom stereocenters. The fourth-order valence-corrected chi connectivity index (χ4v) is 3.72. The number of ether oxygens (including phenoxy) is 1. The van der Waals surface area contributed by atoms with E-state index in [2.05, 4.69) is 20.7 Å². The standard InChI is InChI=1S/C15H15BrFNO3S/c1-10(11-3-8-15(21-2)14(16)9-11)18-22(19,20)13-6-4-12(17)5-7-13/h3-10,18H,1-2H3. The average Bonchev–Trinajstić information content (AvgIpc) is 2.47. The van der Waals surface area contributed by atoms with E-state index in [-0.39, 0.29) is 4.90 Å². The molecule has 0 spiro atoms. The Labute approximate surface area is 137 Å². The number of hydrogen-bond donors (Lipinski definition) is 1. The molecule has 118 valence electrons. The first kappa shape index (κ1) is 16.9. The molecule has 2 aromatic rings. The van der Waals surface area contributed by atoms with Crippen LogP contribution in [0.3, 0.4) is 0 Å². The Balaban J connectivity index is 2.22. The first-order valence-corrected chi connectivity index (χ1v) is 8.72. The highest BCUT2D eigenvalue weighted by molar-refractivity contribution is 9.10. The molecule has 0 amide bonds. The minimum Gasteiger partial charge on any atom is -0.496 e. The third-order valence-electron chi connectivity index (χ3n) is 3.13. The topological polar surface area (TPSA) is 55.4 Å². The molecule has 1 atom stereocenters. The Morgan fingerprint density at radius 3 is 2.36 bits per heavy atom. The number of benzene rings is 2. The Bertz CT molecular complexity index is 763. The van der Waals surface area contributed by atoms with E-state index in [0.29, 0.717) is 5.75 Å². The maximum Gasteiger partial charge on any atom is 0.241 e. The van der Waals surface area contributed by atoms with Gasteiger partial charge in [-0.1, -0.05) is 6.07 Å². The molecule has 0 saturated carbocycles. The lowest BCUT2D eigenvalue weighted by Gasteiger charge is -2.16. The van der Waals surface area contributed by atoms with Crippen LogP contribution in [0.15, 0.2) is 51.8 Å². The molecule has 7 heteroatoms. The van der Waals surface area contributed by atoms with E-state index >= 15 is 0 Å². The molecule has 0 aliphatic rings. The molecule has 2 aromatic carbocycles. The Morgan fingerprint density at radius 2 is 1.82 bits per heavy atom. The van der Waals surface area contributed by atoms with Gasteiger partial charge in [0.15, 0.2) is 0 Å². The van der Waals surface area contributed by atoms with Crippen LogP contribution in [0.4, 0.5) is 4.39 Å². The maximum absolute atomic E-state index is 12.9. The zero-order valence-electron chi connectivity index (χ0n) is 12.0. The van der Waals surface area contributed by atoms with Gasteiger partial charge in [-0.05, 0) is 64.8 Å². The van der Waals surface area contributed by atoms with Crippen LogP contribution in [0, 0.1) is 5.82 Å². The third kappa shape index (κ3) is 3.85. The van der Waals surface area contributed by atoms with Gasteiger partial charge in [0, 0.05) is 6.04 Å². The highest BCUT2D eigenvalue weighted by atomic mass is 79.9. The predicted molar refractivity (Wildman–Crippen MR) is 85.8 cm³/mol. The van der Waals surface area contributed by atoms with Crippen LogP contribution in [-0.2, 0) is 10.0 Å². The number of hydrogen-bond acceptors (Lipinski definition) is 3. The summed E-state index contributed by atoms with van der Waals surface area (Å²) in [6, 6.07) is 9.56. The molecule has 0 fully saturated rings. The fourth-order valence-electron chi connectivity index (χ4n) is 1.93. The quantitative estimate of drug-likeness (QED) is 0.851. The number of rotatable bonds is 5. The fraction of sp³-hybridized carbons (Fsp3) is 0.200. The minimum absolute atomic E-state index is 0.0216. The van der Waals surface area contributed by atoms with Crippen LogP contribution in [0.25, 0.3) is 0 Å². The van der Waals surface area contributed by atoms with Crippen molar-refractivity contribution in [3.8, 4) is 5.75 Å². The number of methoxy groups -OCH3 is 1. The molecule has 2 rings (SSSR count). The predicted octanol–water partition coefficient (Wildman–Crippen LogP) is 3.64. The molecular formula is C15H15BrFNO3S. The van der Waals surface area contributed by atoms with Gasteiger partial charge in [0.25, 0.3) is 0 Å². The van der Waals surface area contributed by atoms with Crippen molar-refractivity contribution in [1.29, 1.82) is 0 Å². The largest absolute Gasteiger partial charge is 0.496 e. The molecule has 0 aliphatic heterocycles. The second-order valence-corrected chi connectivity index (χ2v) is 7.26. The second-order valence-electron chi connectivity index (χ2n) is 4.69.